The van der Waals surface area contributed by atoms with Crippen molar-refractivity contribution in [2.24, 2.45) is 5.41 Å². The molecule has 1 amide bonds. The van der Waals surface area contributed by atoms with E-state index in [2.05, 4.69) is 39.6 Å². The van der Waals surface area contributed by atoms with Gasteiger partial charge in [0.1, 0.15) is 0 Å². The number of nitrogens with one attached hydrogen (secondary N) is 1. The van der Waals surface area contributed by atoms with E-state index in [1.54, 1.807) is 6.20 Å². The molecule has 1 N–H and O–H groups in total. The molecule has 1 unspecified atom stereocenters. The minimum absolute atomic E-state index is 0.001000. The molecule has 156 valence electrons. The summed E-state index contributed by atoms with van der Waals surface area (Å²) in [4.78, 5) is 17.2. The Morgan fingerprint density at radius 3 is 2.97 bits per heavy atom. The minimum atomic E-state index is -0.0936. The van der Waals surface area contributed by atoms with Crippen molar-refractivity contribution in [3.63, 3.8) is 0 Å². The average molecular weight is 407 g/mol. The fraction of sp³-hybridized carbons (Fsp3) is 0.455. The number of nitrogens with zero attached hydrogens (tertiary/aromatic N) is 4. The molecule has 0 spiro atoms. The molecule has 5 rings (SSSR count). The van der Waals surface area contributed by atoms with Crippen LogP contribution in [-0.4, -0.2) is 39.0 Å². The van der Waals surface area contributed by atoms with Crippen LogP contribution in [0.1, 0.15) is 53.7 Å². The summed E-state index contributed by atoms with van der Waals surface area (Å²) in [5.74, 6) is 1.15. The van der Waals surface area contributed by atoms with E-state index >= 15 is 0 Å². The van der Waals surface area contributed by atoms with Crippen LogP contribution in [0.2, 0.25) is 0 Å². The monoisotopic (exact) mass is 407 g/mol. The van der Waals surface area contributed by atoms with Crippen LogP contribution in [0.25, 0.3) is 11.4 Å². The van der Waals surface area contributed by atoms with Gasteiger partial charge in [-0.3, -0.25) is 9.48 Å². The molecule has 3 heterocycles. The molecule has 1 fully saturated rings. The Morgan fingerprint density at radius 1 is 1.37 bits per heavy atom. The number of rotatable bonds is 6. The quantitative estimate of drug-likeness (QED) is 0.675. The van der Waals surface area contributed by atoms with E-state index in [0.717, 1.165) is 50.1 Å². The predicted octanol–water partition coefficient (Wildman–Crippen LogP) is 2.95. The molecule has 1 saturated heterocycles. The maximum Gasteiger partial charge on any atom is 0.254 e. The Bertz CT molecular complexity index is 1080. The highest BCUT2D eigenvalue weighted by Crippen LogP contribution is 2.34. The van der Waals surface area contributed by atoms with Crippen molar-refractivity contribution in [1.29, 1.82) is 0 Å². The summed E-state index contributed by atoms with van der Waals surface area (Å²) in [5, 5.41) is 11.6. The summed E-state index contributed by atoms with van der Waals surface area (Å²) >= 11 is 0. The molecule has 1 aliphatic carbocycles. The lowest BCUT2D eigenvalue weighted by atomic mass is 9.89. The number of fused-ring (bicyclic) bond motifs is 1. The first-order valence-corrected chi connectivity index (χ1v) is 10.4. The number of benzene rings is 1. The Kier molecular flexibility index (Phi) is 4.66. The molecule has 1 atom stereocenters. The van der Waals surface area contributed by atoms with Gasteiger partial charge in [-0.05, 0) is 30.0 Å². The van der Waals surface area contributed by atoms with E-state index in [-0.39, 0.29) is 17.4 Å². The zero-order valence-electron chi connectivity index (χ0n) is 17.2. The summed E-state index contributed by atoms with van der Waals surface area (Å²) in [5.41, 5.74) is 4.01. The molecule has 2 aromatic heterocycles. The third-order valence-corrected chi connectivity index (χ3v) is 5.90. The minimum Gasteiger partial charge on any atom is -0.380 e. The maximum absolute atomic E-state index is 12.8. The Morgan fingerprint density at radius 2 is 2.23 bits per heavy atom. The number of amides is 1. The lowest BCUT2D eigenvalue weighted by Crippen LogP contribution is -2.43. The molecular weight excluding hydrogens is 382 g/mol. The maximum atomic E-state index is 12.8. The van der Waals surface area contributed by atoms with Crippen LogP contribution in [0, 0.1) is 5.41 Å². The van der Waals surface area contributed by atoms with Gasteiger partial charge < -0.3 is 14.6 Å². The van der Waals surface area contributed by atoms with Gasteiger partial charge in [0, 0.05) is 23.6 Å². The molecule has 1 aromatic carbocycles. The molecule has 8 nitrogen and oxygen atoms in total. The van der Waals surface area contributed by atoms with E-state index in [1.807, 2.05) is 23.9 Å². The first-order chi connectivity index (χ1) is 14.5. The number of ether oxygens (including phenoxy) is 1. The van der Waals surface area contributed by atoms with E-state index in [1.165, 1.54) is 5.56 Å². The fourth-order valence-electron chi connectivity index (χ4n) is 4.16. The average Bonchev–Trinajstić information content (AvgIpc) is 3.46. The van der Waals surface area contributed by atoms with E-state index in [0.29, 0.717) is 17.3 Å². The van der Waals surface area contributed by atoms with Gasteiger partial charge in [0.25, 0.3) is 5.91 Å². The fourth-order valence-corrected chi connectivity index (χ4v) is 4.16. The second-order valence-electron chi connectivity index (χ2n) is 8.57. The summed E-state index contributed by atoms with van der Waals surface area (Å²) in [7, 11) is 0. The summed E-state index contributed by atoms with van der Waals surface area (Å²) in [6.45, 7) is 6.38. The van der Waals surface area contributed by atoms with E-state index in [4.69, 9.17) is 9.26 Å². The summed E-state index contributed by atoms with van der Waals surface area (Å²) in [6, 6.07) is 6.16. The van der Waals surface area contributed by atoms with Gasteiger partial charge in [-0.1, -0.05) is 31.1 Å². The highest BCUT2D eigenvalue weighted by atomic mass is 16.5. The van der Waals surface area contributed by atoms with Crippen molar-refractivity contribution in [2.75, 3.05) is 13.2 Å². The van der Waals surface area contributed by atoms with E-state index < -0.39 is 0 Å². The van der Waals surface area contributed by atoms with Crippen LogP contribution in [-0.2, 0) is 24.1 Å². The lowest BCUT2D eigenvalue weighted by molar-refractivity contribution is -0.111. The van der Waals surface area contributed by atoms with Crippen LogP contribution in [0.5, 0.6) is 0 Å². The van der Waals surface area contributed by atoms with Crippen molar-refractivity contribution < 1.29 is 14.1 Å². The second kappa shape index (κ2) is 7.36. The normalized spacial score (nSPS) is 19.3. The van der Waals surface area contributed by atoms with Gasteiger partial charge in [-0.25, -0.2) is 0 Å². The van der Waals surface area contributed by atoms with Crippen LogP contribution < -0.4 is 5.32 Å². The molecule has 1 aliphatic heterocycles. The van der Waals surface area contributed by atoms with Gasteiger partial charge >= 0.3 is 0 Å². The number of aryl methyl sites for hydroxylation is 2. The van der Waals surface area contributed by atoms with Crippen molar-refractivity contribution in [3.05, 3.63) is 53.2 Å². The molecule has 0 saturated carbocycles. The molecule has 3 aromatic rings. The summed E-state index contributed by atoms with van der Waals surface area (Å²) in [6.07, 6.45) is 5.96. The molecule has 0 bridgehead atoms. The number of hydrogen-bond donors (Lipinski definition) is 1. The third-order valence-electron chi connectivity index (χ3n) is 5.90. The lowest BCUT2D eigenvalue weighted by Gasteiger charge is -2.37. The zero-order chi connectivity index (χ0) is 20.7. The van der Waals surface area contributed by atoms with Gasteiger partial charge in [-0.2, -0.15) is 10.1 Å². The second-order valence-corrected chi connectivity index (χ2v) is 8.57. The van der Waals surface area contributed by atoms with Crippen molar-refractivity contribution in [3.8, 4) is 11.4 Å². The highest BCUT2D eigenvalue weighted by molar-refractivity contribution is 5.94. The number of aromatic nitrogens is 4. The van der Waals surface area contributed by atoms with Gasteiger partial charge in [0.05, 0.1) is 37.6 Å². The van der Waals surface area contributed by atoms with Crippen LogP contribution >= 0.6 is 0 Å². The van der Waals surface area contributed by atoms with Gasteiger partial charge in [0.2, 0.25) is 11.7 Å². The number of carbonyl (C=O) groups excluding carboxylic acids is 1. The first kappa shape index (κ1) is 19.0. The summed E-state index contributed by atoms with van der Waals surface area (Å²) < 4.78 is 12.4. The smallest absolute Gasteiger partial charge is 0.254 e. The van der Waals surface area contributed by atoms with Crippen molar-refractivity contribution >= 4 is 5.91 Å². The van der Waals surface area contributed by atoms with Crippen molar-refractivity contribution in [2.45, 2.75) is 45.7 Å². The molecular formula is C22H25N5O3. The topological polar surface area (TPSA) is 95.1 Å². The SMILES string of the molecule is CCc1nc(-c2ccc3c(c2)CCC3NC(=O)c2cnn(CC3(C)COC3)c2)no1. The largest absolute Gasteiger partial charge is 0.380 e. The van der Waals surface area contributed by atoms with E-state index in [9.17, 15) is 4.79 Å². The van der Waals surface area contributed by atoms with Crippen LogP contribution in [0.3, 0.4) is 0 Å². The number of hydrogen-bond acceptors (Lipinski definition) is 6. The Hall–Kier alpha value is -3.00. The highest BCUT2D eigenvalue weighted by Gasteiger charge is 2.34. The van der Waals surface area contributed by atoms with Crippen molar-refractivity contribution in [1.82, 2.24) is 25.2 Å². The van der Waals surface area contributed by atoms with Crippen LogP contribution in [0.4, 0.5) is 0 Å². The molecule has 30 heavy (non-hydrogen) atoms. The molecule has 2 aliphatic rings. The third kappa shape index (κ3) is 3.52. The predicted molar refractivity (Wildman–Crippen MR) is 109 cm³/mol. The standard InChI is InChI=1S/C22H25N5O3/c1-3-19-25-20(26-30-19)15-4-6-17-14(8-15)5-7-18(17)24-21(28)16-9-23-27(10-16)11-22(2)12-29-13-22/h4,6,8-10,18H,3,5,7,11-13H2,1-2H3,(H,24,28). The Labute approximate surface area is 174 Å². The molecule has 8 heteroatoms. The van der Waals surface area contributed by atoms with Gasteiger partial charge in [-0.15, -0.1) is 0 Å². The van der Waals surface area contributed by atoms with Gasteiger partial charge in [0.15, 0.2) is 0 Å². The first-order valence-electron chi connectivity index (χ1n) is 10.4. The van der Waals surface area contributed by atoms with Crippen LogP contribution in [0.15, 0.2) is 35.1 Å². The number of carbonyl (C=O) groups is 1. The Balaban J connectivity index is 1.27. The molecule has 0 radical (unpaired) electrons. The zero-order valence-corrected chi connectivity index (χ0v) is 17.2.